The predicted molar refractivity (Wildman–Crippen MR) is 77.9 cm³/mol. The molecule has 1 rings (SSSR count). The molecule has 2 amide bonds. The summed E-state index contributed by atoms with van der Waals surface area (Å²) in [5, 5.41) is 14.4. The zero-order valence-electron chi connectivity index (χ0n) is 11.8. The van der Waals surface area contributed by atoms with Gasteiger partial charge in [0, 0.05) is 12.5 Å². The number of carbonyl (C=O) groups is 2. The average Bonchev–Trinajstić information content (AvgIpc) is 2.32. The fourth-order valence-electron chi connectivity index (χ4n) is 1.90. The molecule has 1 aromatic rings. The van der Waals surface area contributed by atoms with Crippen LogP contribution in [0.3, 0.4) is 0 Å². The molecule has 3 N–H and O–H groups in total. The van der Waals surface area contributed by atoms with Crippen LogP contribution in [0.25, 0.3) is 0 Å². The highest BCUT2D eigenvalue weighted by Crippen LogP contribution is 2.22. The maximum Gasteiger partial charge on any atom is 0.337 e. The summed E-state index contributed by atoms with van der Waals surface area (Å²) in [7, 11) is 0. The Balaban J connectivity index is 2.95. The van der Waals surface area contributed by atoms with E-state index in [0.717, 1.165) is 5.56 Å². The van der Waals surface area contributed by atoms with Gasteiger partial charge in [-0.2, -0.15) is 0 Å². The number of benzene rings is 1. The van der Waals surface area contributed by atoms with E-state index in [9.17, 15) is 14.7 Å². The third kappa shape index (κ3) is 4.02. The van der Waals surface area contributed by atoms with Crippen molar-refractivity contribution < 1.29 is 14.7 Å². The lowest BCUT2D eigenvalue weighted by molar-refractivity contribution is 0.0698. The number of anilines is 1. The van der Waals surface area contributed by atoms with E-state index in [1.165, 1.54) is 6.07 Å². The van der Waals surface area contributed by atoms with Crippen LogP contribution in [0.4, 0.5) is 10.5 Å². The van der Waals surface area contributed by atoms with Gasteiger partial charge in [-0.3, -0.25) is 0 Å². The number of hydrogen-bond donors (Lipinski definition) is 3. The van der Waals surface area contributed by atoms with Gasteiger partial charge in [-0.1, -0.05) is 6.07 Å². The molecule has 0 aliphatic carbocycles. The van der Waals surface area contributed by atoms with Crippen LogP contribution >= 0.6 is 0 Å². The van der Waals surface area contributed by atoms with Crippen LogP contribution in [0, 0.1) is 26.2 Å². The topological polar surface area (TPSA) is 78.4 Å². The summed E-state index contributed by atoms with van der Waals surface area (Å²) in [5.41, 5.74) is 1.89. The predicted octanol–water partition coefficient (Wildman–Crippen LogP) is 2.53. The minimum atomic E-state index is -1.08. The Morgan fingerprint density at radius 2 is 2.05 bits per heavy atom. The lowest BCUT2D eigenvalue weighted by Crippen LogP contribution is -2.36. The van der Waals surface area contributed by atoms with Gasteiger partial charge in [0.15, 0.2) is 0 Å². The van der Waals surface area contributed by atoms with E-state index in [0.29, 0.717) is 17.7 Å². The number of nitrogens with one attached hydrogen (secondary N) is 2. The molecule has 106 valence electrons. The second-order valence-electron chi connectivity index (χ2n) is 4.72. The summed E-state index contributed by atoms with van der Waals surface area (Å²) < 4.78 is 0. The highest BCUT2D eigenvalue weighted by atomic mass is 16.4. The number of aryl methyl sites for hydroxylation is 2. The summed E-state index contributed by atoms with van der Waals surface area (Å²) in [6.07, 6.45) is 5.57. The molecule has 0 aliphatic rings. The van der Waals surface area contributed by atoms with Gasteiger partial charge in [0.2, 0.25) is 0 Å². The molecule has 0 saturated carbocycles. The van der Waals surface area contributed by atoms with E-state index in [1.807, 2.05) is 6.07 Å². The van der Waals surface area contributed by atoms with Gasteiger partial charge in [0.05, 0.1) is 11.3 Å². The van der Waals surface area contributed by atoms with Gasteiger partial charge >= 0.3 is 12.0 Å². The van der Waals surface area contributed by atoms with Crippen molar-refractivity contribution in [2.75, 3.05) is 5.32 Å². The van der Waals surface area contributed by atoms with Crippen molar-refractivity contribution in [2.24, 2.45) is 0 Å². The number of carboxylic acid groups (broad SMARTS) is 1. The van der Waals surface area contributed by atoms with Crippen molar-refractivity contribution in [3.63, 3.8) is 0 Å². The zero-order valence-corrected chi connectivity index (χ0v) is 11.8. The van der Waals surface area contributed by atoms with Gasteiger partial charge in [-0.05, 0) is 38.0 Å². The number of terminal acetylenes is 1. The largest absolute Gasteiger partial charge is 0.478 e. The lowest BCUT2D eigenvalue weighted by Gasteiger charge is -2.15. The molecule has 1 atom stereocenters. The van der Waals surface area contributed by atoms with Gasteiger partial charge in [-0.25, -0.2) is 9.59 Å². The first-order valence-electron chi connectivity index (χ1n) is 6.20. The van der Waals surface area contributed by atoms with Gasteiger partial charge < -0.3 is 15.7 Å². The second kappa shape index (κ2) is 6.62. The van der Waals surface area contributed by atoms with Crippen molar-refractivity contribution in [1.29, 1.82) is 0 Å². The van der Waals surface area contributed by atoms with Crippen LogP contribution in [-0.2, 0) is 0 Å². The highest BCUT2D eigenvalue weighted by molar-refractivity contribution is 6.01. The minimum Gasteiger partial charge on any atom is -0.478 e. The first-order valence-corrected chi connectivity index (χ1v) is 6.20. The number of aromatic carboxylic acids is 1. The number of amides is 2. The molecule has 1 aromatic carbocycles. The van der Waals surface area contributed by atoms with Gasteiger partial charge in [-0.15, -0.1) is 12.3 Å². The van der Waals surface area contributed by atoms with E-state index in [-0.39, 0.29) is 11.6 Å². The molecule has 1 unspecified atom stereocenters. The second-order valence-corrected chi connectivity index (χ2v) is 4.72. The fourth-order valence-corrected chi connectivity index (χ4v) is 1.90. The Hall–Kier alpha value is -2.48. The van der Waals surface area contributed by atoms with E-state index >= 15 is 0 Å². The Kier molecular flexibility index (Phi) is 5.15. The summed E-state index contributed by atoms with van der Waals surface area (Å²) in [5.74, 6) is 1.37. The SMILES string of the molecule is C#CCC(C)NC(=O)Nc1c(C)cc(C)cc1C(=O)O. The standard InChI is InChI=1S/C15H18N2O3/c1-5-6-11(4)16-15(20)17-13-10(3)7-9(2)8-12(13)14(18)19/h1,7-8,11H,6H2,2-4H3,(H,18,19)(H2,16,17,20). The third-order valence-electron chi connectivity index (χ3n) is 2.75. The zero-order chi connectivity index (χ0) is 15.3. The Morgan fingerprint density at radius 3 is 2.60 bits per heavy atom. The number of rotatable bonds is 4. The molecule has 0 aliphatic heterocycles. The first kappa shape index (κ1) is 15.6. The molecule has 0 bridgehead atoms. The first-order chi connectivity index (χ1) is 9.35. The van der Waals surface area contributed by atoms with Crippen LogP contribution in [-0.4, -0.2) is 23.1 Å². The lowest BCUT2D eigenvalue weighted by atomic mass is 10.0. The fraction of sp³-hybridized carbons (Fsp3) is 0.333. The van der Waals surface area contributed by atoms with Crippen molar-refractivity contribution >= 4 is 17.7 Å². The number of hydrogen-bond acceptors (Lipinski definition) is 2. The molecule has 0 radical (unpaired) electrons. The molecular formula is C15H18N2O3. The van der Waals surface area contributed by atoms with Crippen LogP contribution in [0.5, 0.6) is 0 Å². The summed E-state index contributed by atoms with van der Waals surface area (Å²) in [4.78, 5) is 23.1. The maximum absolute atomic E-state index is 11.8. The van der Waals surface area contributed by atoms with E-state index in [2.05, 4.69) is 16.6 Å². The molecular weight excluding hydrogens is 256 g/mol. The summed E-state index contributed by atoms with van der Waals surface area (Å²) >= 11 is 0. The van der Waals surface area contributed by atoms with Crippen molar-refractivity contribution in [1.82, 2.24) is 5.32 Å². The highest BCUT2D eigenvalue weighted by Gasteiger charge is 2.16. The molecule has 0 fully saturated rings. The van der Waals surface area contributed by atoms with E-state index < -0.39 is 12.0 Å². The molecule has 20 heavy (non-hydrogen) atoms. The van der Waals surface area contributed by atoms with Crippen LogP contribution in [0.1, 0.15) is 34.8 Å². The van der Waals surface area contributed by atoms with Crippen molar-refractivity contribution in [2.45, 2.75) is 33.2 Å². The van der Waals surface area contributed by atoms with Crippen molar-refractivity contribution in [3.05, 3.63) is 28.8 Å². The van der Waals surface area contributed by atoms with E-state index in [1.54, 1.807) is 20.8 Å². The summed E-state index contributed by atoms with van der Waals surface area (Å²) in [6.45, 7) is 5.33. The van der Waals surface area contributed by atoms with E-state index in [4.69, 9.17) is 6.42 Å². The Labute approximate surface area is 118 Å². The van der Waals surface area contributed by atoms with Crippen LogP contribution < -0.4 is 10.6 Å². The Morgan fingerprint density at radius 1 is 1.40 bits per heavy atom. The molecule has 5 nitrogen and oxygen atoms in total. The Bertz CT molecular complexity index is 573. The maximum atomic E-state index is 11.8. The number of carbonyl (C=O) groups excluding carboxylic acids is 1. The van der Waals surface area contributed by atoms with Crippen LogP contribution in [0.2, 0.25) is 0 Å². The number of urea groups is 1. The molecule has 5 heteroatoms. The third-order valence-corrected chi connectivity index (χ3v) is 2.75. The average molecular weight is 274 g/mol. The molecule has 0 aromatic heterocycles. The van der Waals surface area contributed by atoms with Gasteiger partial charge in [0.1, 0.15) is 0 Å². The normalized spacial score (nSPS) is 11.3. The summed E-state index contributed by atoms with van der Waals surface area (Å²) in [6, 6.07) is 2.68. The quantitative estimate of drug-likeness (QED) is 0.738. The molecule has 0 saturated heterocycles. The molecule has 0 heterocycles. The smallest absolute Gasteiger partial charge is 0.337 e. The van der Waals surface area contributed by atoms with Crippen molar-refractivity contribution in [3.8, 4) is 12.3 Å². The van der Waals surface area contributed by atoms with Crippen LogP contribution in [0.15, 0.2) is 12.1 Å². The number of carboxylic acids is 1. The minimum absolute atomic E-state index is 0.0715. The monoisotopic (exact) mass is 274 g/mol. The molecule has 0 spiro atoms. The van der Waals surface area contributed by atoms with Gasteiger partial charge in [0.25, 0.3) is 0 Å².